The fourth-order valence-electron chi connectivity index (χ4n) is 2.38. The summed E-state index contributed by atoms with van der Waals surface area (Å²) in [7, 11) is 1.86. The Hall–Kier alpha value is -1.93. The molecule has 0 spiro atoms. The molecule has 1 aromatic heterocycles. The Bertz CT molecular complexity index is 593. The van der Waals surface area contributed by atoms with Gasteiger partial charge in [0, 0.05) is 31.3 Å². The van der Waals surface area contributed by atoms with Crippen LogP contribution in [0, 0.1) is 0 Å². The van der Waals surface area contributed by atoms with Gasteiger partial charge < -0.3 is 11.1 Å². The van der Waals surface area contributed by atoms with Gasteiger partial charge in [-0.3, -0.25) is 24.4 Å². The van der Waals surface area contributed by atoms with Gasteiger partial charge in [-0.25, -0.2) is 4.68 Å². The van der Waals surface area contributed by atoms with Crippen molar-refractivity contribution < 1.29 is 4.79 Å². The van der Waals surface area contributed by atoms with Crippen molar-refractivity contribution in [1.29, 1.82) is 0 Å². The number of likely N-dealkylation sites (N-methyl/N-ethyl adjacent to an activating group) is 1. The number of carbonyl (C=O) groups is 1. The predicted octanol–water partition coefficient (Wildman–Crippen LogP) is -2.32. The maximum Gasteiger partial charge on any atom is 0.265 e. The van der Waals surface area contributed by atoms with E-state index in [1.165, 1.54) is 16.8 Å². The Kier molecular flexibility index (Phi) is 4.35. The number of likely N-dealkylation sites (tertiary alicyclic amines) is 1. The first-order chi connectivity index (χ1) is 9.47. The molecule has 1 aliphatic rings. The Morgan fingerprint density at radius 2 is 2.25 bits per heavy atom. The Labute approximate surface area is 115 Å². The summed E-state index contributed by atoms with van der Waals surface area (Å²) in [5.74, 6) is -0.105. The van der Waals surface area contributed by atoms with E-state index in [1.807, 2.05) is 11.9 Å². The third-order valence-electron chi connectivity index (χ3n) is 3.41. The smallest absolute Gasteiger partial charge is 0.265 e. The fraction of sp³-hybridized carbons (Fsp3) is 0.583. The highest BCUT2D eigenvalue weighted by Crippen LogP contribution is 2.13. The van der Waals surface area contributed by atoms with E-state index in [4.69, 9.17) is 5.73 Å². The number of nitrogens with two attached hydrogens (primary N) is 1. The fourth-order valence-corrected chi connectivity index (χ4v) is 2.38. The molecule has 0 aliphatic carbocycles. The van der Waals surface area contributed by atoms with Gasteiger partial charge in [-0.15, -0.1) is 0 Å². The van der Waals surface area contributed by atoms with Crippen molar-refractivity contribution in [1.82, 2.24) is 20.0 Å². The summed E-state index contributed by atoms with van der Waals surface area (Å²) in [5, 5.41) is 5.15. The van der Waals surface area contributed by atoms with E-state index in [2.05, 4.69) is 10.4 Å². The number of amides is 1. The van der Waals surface area contributed by atoms with Crippen LogP contribution in [-0.4, -0.2) is 52.8 Å². The van der Waals surface area contributed by atoms with Crippen molar-refractivity contribution in [3.05, 3.63) is 32.8 Å². The van der Waals surface area contributed by atoms with E-state index in [1.54, 1.807) is 0 Å². The van der Waals surface area contributed by atoms with Crippen LogP contribution in [0.15, 0.2) is 21.7 Å². The molecular weight excluding hydrogens is 262 g/mol. The number of aromatic nitrogens is 2. The SMILES string of the molecule is CN1C[C@@H](N)C[C@H]1C(=O)NCCn1[nH]c(=O)ccc1=O. The van der Waals surface area contributed by atoms with Crippen LogP contribution < -0.4 is 22.2 Å². The van der Waals surface area contributed by atoms with Gasteiger partial charge in [0.2, 0.25) is 5.91 Å². The minimum Gasteiger partial charge on any atom is -0.353 e. The van der Waals surface area contributed by atoms with Gasteiger partial charge in [-0.2, -0.15) is 0 Å². The van der Waals surface area contributed by atoms with Crippen LogP contribution in [0.1, 0.15) is 6.42 Å². The lowest BCUT2D eigenvalue weighted by Gasteiger charge is -2.18. The number of hydrogen-bond donors (Lipinski definition) is 3. The second-order valence-electron chi connectivity index (χ2n) is 5.04. The summed E-state index contributed by atoms with van der Waals surface area (Å²) < 4.78 is 1.17. The Morgan fingerprint density at radius 1 is 1.50 bits per heavy atom. The van der Waals surface area contributed by atoms with Gasteiger partial charge >= 0.3 is 0 Å². The van der Waals surface area contributed by atoms with E-state index < -0.39 is 0 Å². The standard InChI is InChI=1S/C12H19N5O3/c1-16-7-8(13)6-9(16)12(20)14-4-5-17-11(19)3-2-10(18)15-17/h2-3,8-9H,4-7,13H2,1H3,(H,14,20)(H,15,18)/t8-,9-/m0/s1. The van der Waals surface area contributed by atoms with Crippen molar-refractivity contribution >= 4 is 5.91 Å². The molecule has 1 fully saturated rings. The number of aromatic amines is 1. The molecule has 8 nitrogen and oxygen atoms in total. The zero-order valence-corrected chi connectivity index (χ0v) is 11.3. The average molecular weight is 281 g/mol. The van der Waals surface area contributed by atoms with Crippen molar-refractivity contribution in [2.24, 2.45) is 5.73 Å². The van der Waals surface area contributed by atoms with Crippen molar-refractivity contribution in [2.45, 2.75) is 25.0 Å². The third-order valence-corrected chi connectivity index (χ3v) is 3.41. The number of nitrogens with one attached hydrogen (secondary N) is 2. The first-order valence-electron chi connectivity index (χ1n) is 6.51. The molecule has 0 saturated carbocycles. The first-order valence-corrected chi connectivity index (χ1v) is 6.51. The van der Waals surface area contributed by atoms with Crippen LogP contribution in [-0.2, 0) is 11.3 Å². The molecule has 0 unspecified atom stereocenters. The Morgan fingerprint density at radius 3 is 2.90 bits per heavy atom. The van der Waals surface area contributed by atoms with Crippen LogP contribution in [0.4, 0.5) is 0 Å². The maximum atomic E-state index is 12.0. The first kappa shape index (κ1) is 14.5. The highest BCUT2D eigenvalue weighted by Gasteiger charge is 2.32. The lowest BCUT2D eigenvalue weighted by molar-refractivity contribution is -0.125. The van der Waals surface area contributed by atoms with Crippen molar-refractivity contribution in [3.8, 4) is 0 Å². The normalized spacial score (nSPS) is 22.9. The molecular formula is C12H19N5O3. The molecule has 0 aromatic carbocycles. The van der Waals surface area contributed by atoms with E-state index in [0.717, 1.165) is 0 Å². The number of nitrogens with zero attached hydrogens (tertiary/aromatic N) is 2. The summed E-state index contributed by atoms with van der Waals surface area (Å²) in [4.78, 5) is 36.4. The highest BCUT2D eigenvalue weighted by atomic mass is 16.2. The molecule has 1 saturated heterocycles. The second-order valence-corrected chi connectivity index (χ2v) is 5.04. The van der Waals surface area contributed by atoms with Crippen molar-refractivity contribution in [3.63, 3.8) is 0 Å². The molecule has 110 valence electrons. The average Bonchev–Trinajstić information content (AvgIpc) is 2.72. The quantitative estimate of drug-likeness (QED) is 0.573. The van der Waals surface area contributed by atoms with Crippen LogP contribution in [0.2, 0.25) is 0 Å². The molecule has 0 radical (unpaired) electrons. The molecule has 2 heterocycles. The van der Waals surface area contributed by atoms with Crippen LogP contribution in [0.25, 0.3) is 0 Å². The minimum atomic E-state index is -0.350. The molecule has 1 amide bonds. The second kappa shape index (κ2) is 6.02. The summed E-state index contributed by atoms with van der Waals surface area (Å²) in [6.45, 7) is 1.20. The van der Waals surface area contributed by atoms with Gasteiger partial charge in [-0.1, -0.05) is 0 Å². The van der Waals surface area contributed by atoms with Gasteiger partial charge in [0.05, 0.1) is 12.6 Å². The molecule has 1 aliphatic heterocycles. The lowest BCUT2D eigenvalue weighted by atomic mass is 10.1. The zero-order chi connectivity index (χ0) is 14.7. The zero-order valence-electron chi connectivity index (χ0n) is 11.3. The highest BCUT2D eigenvalue weighted by molar-refractivity contribution is 5.82. The largest absolute Gasteiger partial charge is 0.353 e. The minimum absolute atomic E-state index is 0.0175. The van der Waals surface area contributed by atoms with Gasteiger partial charge in [0.25, 0.3) is 11.1 Å². The summed E-state index contributed by atoms with van der Waals surface area (Å²) in [5.41, 5.74) is 5.15. The molecule has 4 N–H and O–H groups in total. The summed E-state index contributed by atoms with van der Waals surface area (Å²) in [6.07, 6.45) is 0.629. The topological polar surface area (TPSA) is 113 Å². The molecule has 0 bridgehead atoms. The lowest BCUT2D eigenvalue weighted by Crippen LogP contribution is -2.43. The molecule has 20 heavy (non-hydrogen) atoms. The van der Waals surface area contributed by atoms with E-state index in [9.17, 15) is 14.4 Å². The monoisotopic (exact) mass is 281 g/mol. The summed E-state index contributed by atoms with van der Waals surface area (Å²) >= 11 is 0. The number of hydrogen-bond acceptors (Lipinski definition) is 5. The number of rotatable bonds is 4. The number of carbonyl (C=O) groups excluding carboxylic acids is 1. The van der Waals surface area contributed by atoms with Gasteiger partial charge in [0.15, 0.2) is 0 Å². The third kappa shape index (κ3) is 3.34. The van der Waals surface area contributed by atoms with Gasteiger partial charge in [0.1, 0.15) is 0 Å². The van der Waals surface area contributed by atoms with Gasteiger partial charge in [-0.05, 0) is 13.5 Å². The number of H-pyrrole nitrogens is 1. The van der Waals surface area contributed by atoms with E-state index in [0.29, 0.717) is 13.0 Å². The maximum absolute atomic E-state index is 12.0. The molecule has 2 atom stereocenters. The van der Waals surface area contributed by atoms with Crippen LogP contribution in [0.5, 0.6) is 0 Å². The Balaban J connectivity index is 1.87. The van der Waals surface area contributed by atoms with E-state index in [-0.39, 0.29) is 42.2 Å². The van der Waals surface area contributed by atoms with E-state index >= 15 is 0 Å². The van der Waals surface area contributed by atoms with Crippen LogP contribution >= 0.6 is 0 Å². The summed E-state index contributed by atoms with van der Waals surface area (Å²) in [6, 6.07) is 2.16. The van der Waals surface area contributed by atoms with Crippen LogP contribution in [0.3, 0.4) is 0 Å². The molecule has 8 heteroatoms. The molecule has 2 rings (SSSR count). The van der Waals surface area contributed by atoms with Crippen molar-refractivity contribution in [2.75, 3.05) is 20.1 Å². The predicted molar refractivity (Wildman–Crippen MR) is 73.3 cm³/mol. The molecule has 1 aromatic rings.